The van der Waals surface area contributed by atoms with Crippen LogP contribution < -0.4 is 5.73 Å². The lowest BCUT2D eigenvalue weighted by Crippen LogP contribution is -2.36. The standard InChI is InChI=1S/C14H24N2/c1-4-13-5-7-14(8-6-13)9-10-16(3)12(2)11-15/h5-8,12H,4,9-11,15H2,1-3H3. The SMILES string of the molecule is CCc1ccc(CCN(C)C(C)CN)cc1. The van der Waals surface area contributed by atoms with Crippen molar-refractivity contribution in [2.45, 2.75) is 32.7 Å². The highest BCUT2D eigenvalue weighted by molar-refractivity contribution is 5.22. The molecule has 2 N–H and O–H groups in total. The van der Waals surface area contributed by atoms with Gasteiger partial charge in [0.05, 0.1) is 0 Å². The summed E-state index contributed by atoms with van der Waals surface area (Å²) in [7, 11) is 2.14. The normalized spacial score (nSPS) is 13.1. The Kier molecular flexibility index (Phi) is 5.50. The van der Waals surface area contributed by atoms with Crippen molar-refractivity contribution in [1.82, 2.24) is 4.90 Å². The van der Waals surface area contributed by atoms with Gasteiger partial charge in [0, 0.05) is 19.1 Å². The molecular formula is C14H24N2. The minimum absolute atomic E-state index is 0.468. The first-order chi connectivity index (χ1) is 7.67. The maximum Gasteiger partial charge on any atom is 0.0187 e. The van der Waals surface area contributed by atoms with Gasteiger partial charge in [-0.25, -0.2) is 0 Å². The van der Waals surface area contributed by atoms with Gasteiger partial charge in [0.2, 0.25) is 0 Å². The lowest BCUT2D eigenvalue weighted by Gasteiger charge is -2.23. The Morgan fingerprint density at radius 3 is 2.25 bits per heavy atom. The zero-order valence-corrected chi connectivity index (χ0v) is 10.7. The number of hydrogen-bond acceptors (Lipinski definition) is 2. The first-order valence-corrected chi connectivity index (χ1v) is 6.15. The number of benzene rings is 1. The van der Waals surface area contributed by atoms with E-state index < -0.39 is 0 Å². The number of nitrogens with zero attached hydrogens (tertiary/aromatic N) is 1. The van der Waals surface area contributed by atoms with Crippen LogP contribution in [0.5, 0.6) is 0 Å². The zero-order chi connectivity index (χ0) is 12.0. The van der Waals surface area contributed by atoms with Crippen molar-refractivity contribution in [1.29, 1.82) is 0 Å². The van der Waals surface area contributed by atoms with Crippen molar-refractivity contribution < 1.29 is 0 Å². The molecule has 1 aromatic carbocycles. The second-order valence-electron chi connectivity index (χ2n) is 4.49. The van der Waals surface area contributed by atoms with E-state index in [1.165, 1.54) is 11.1 Å². The van der Waals surface area contributed by atoms with Crippen LogP contribution in [0.25, 0.3) is 0 Å². The van der Waals surface area contributed by atoms with Crippen LogP contribution in [-0.4, -0.2) is 31.1 Å². The van der Waals surface area contributed by atoms with Gasteiger partial charge in [-0.1, -0.05) is 31.2 Å². The van der Waals surface area contributed by atoms with Crippen molar-refractivity contribution >= 4 is 0 Å². The second kappa shape index (κ2) is 6.66. The largest absolute Gasteiger partial charge is 0.329 e. The number of hydrogen-bond donors (Lipinski definition) is 1. The second-order valence-corrected chi connectivity index (χ2v) is 4.49. The summed E-state index contributed by atoms with van der Waals surface area (Å²) in [5.41, 5.74) is 8.46. The third kappa shape index (κ3) is 3.95. The molecule has 0 radical (unpaired) electrons. The van der Waals surface area contributed by atoms with Crippen LogP contribution >= 0.6 is 0 Å². The van der Waals surface area contributed by atoms with E-state index in [4.69, 9.17) is 5.73 Å². The Balaban J connectivity index is 2.42. The molecule has 0 saturated heterocycles. The van der Waals surface area contributed by atoms with Gasteiger partial charge in [-0.05, 0) is 37.9 Å². The lowest BCUT2D eigenvalue weighted by atomic mass is 10.1. The summed E-state index contributed by atoms with van der Waals surface area (Å²) in [6.45, 7) is 6.15. The fraction of sp³-hybridized carbons (Fsp3) is 0.571. The van der Waals surface area contributed by atoms with E-state index in [0.717, 1.165) is 25.9 Å². The molecule has 1 aromatic rings. The minimum Gasteiger partial charge on any atom is -0.329 e. The summed E-state index contributed by atoms with van der Waals surface area (Å²) in [5.74, 6) is 0. The van der Waals surface area contributed by atoms with Crippen molar-refractivity contribution in [2.24, 2.45) is 5.73 Å². The molecule has 2 heteroatoms. The van der Waals surface area contributed by atoms with Gasteiger partial charge in [0.15, 0.2) is 0 Å². The quantitative estimate of drug-likeness (QED) is 0.795. The van der Waals surface area contributed by atoms with Gasteiger partial charge >= 0.3 is 0 Å². The molecule has 1 unspecified atom stereocenters. The smallest absolute Gasteiger partial charge is 0.0187 e. The van der Waals surface area contributed by atoms with Crippen LogP contribution in [0.3, 0.4) is 0 Å². The summed E-state index contributed by atoms with van der Waals surface area (Å²) >= 11 is 0. The molecule has 0 spiro atoms. The van der Waals surface area contributed by atoms with E-state index >= 15 is 0 Å². The maximum atomic E-state index is 5.64. The third-order valence-electron chi connectivity index (χ3n) is 3.28. The van der Waals surface area contributed by atoms with Gasteiger partial charge in [0.25, 0.3) is 0 Å². The molecule has 0 aliphatic heterocycles. The van der Waals surface area contributed by atoms with Crippen LogP contribution in [0.1, 0.15) is 25.0 Å². The van der Waals surface area contributed by atoms with Crippen LogP contribution in [0, 0.1) is 0 Å². The van der Waals surface area contributed by atoms with Crippen molar-refractivity contribution in [3.05, 3.63) is 35.4 Å². The van der Waals surface area contributed by atoms with Gasteiger partial charge in [0.1, 0.15) is 0 Å². The highest BCUT2D eigenvalue weighted by atomic mass is 15.1. The molecule has 0 heterocycles. The predicted octanol–water partition coefficient (Wildman–Crippen LogP) is 2.07. The number of rotatable bonds is 6. The molecule has 2 nitrogen and oxygen atoms in total. The van der Waals surface area contributed by atoms with Crippen molar-refractivity contribution in [3.63, 3.8) is 0 Å². The number of likely N-dealkylation sites (N-methyl/N-ethyl adjacent to an activating group) is 1. The third-order valence-corrected chi connectivity index (χ3v) is 3.28. The Hall–Kier alpha value is -0.860. The molecule has 0 amide bonds. The van der Waals surface area contributed by atoms with Crippen LogP contribution in [0.4, 0.5) is 0 Å². The molecule has 90 valence electrons. The Bertz CT molecular complexity index is 292. The Morgan fingerprint density at radius 2 is 1.75 bits per heavy atom. The highest BCUT2D eigenvalue weighted by Crippen LogP contribution is 2.06. The van der Waals surface area contributed by atoms with Gasteiger partial charge in [-0.3, -0.25) is 0 Å². The monoisotopic (exact) mass is 220 g/mol. The molecule has 0 fully saturated rings. The van der Waals surface area contributed by atoms with Crippen LogP contribution in [0.2, 0.25) is 0 Å². The topological polar surface area (TPSA) is 29.3 Å². The summed E-state index contributed by atoms with van der Waals surface area (Å²) in [4.78, 5) is 2.31. The molecule has 0 aliphatic rings. The van der Waals surface area contributed by atoms with E-state index in [9.17, 15) is 0 Å². The van der Waals surface area contributed by atoms with E-state index in [2.05, 4.69) is 50.1 Å². The zero-order valence-electron chi connectivity index (χ0n) is 10.7. The predicted molar refractivity (Wildman–Crippen MR) is 70.7 cm³/mol. The first-order valence-electron chi connectivity index (χ1n) is 6.15. The van der Waals surface area contributed by atoms with E-state index in [1.54, 1.807) is 0 Å². The molecule has 1 rings (SSSR count). The van der Waals surface area contributed by atoms with E-state index in [1.807, 2.05) is 0 Å². The van der Waals surface area contributed by atoms with Crippen LogP contribution in [0.15, 0.2) is 24.3 Å². The Labute approximate surface area is 99.5 Å². The van der Waals surface area contributed by atoms with Crippen LogP contribution in [-0.2, 0) is 12.8 Å². The summed E-state index contributed by atoms with van der Waals surface area (Å²) in [5, 5.41) is 0. The maximum absolute atomic E-state index is 5.64. The van der Waals surface area contributed by atoms with E-state index in [-0.39, 0.29) is 0 Å². The number of aryl methyl sites for hydroxylation is 1. The fourth-order valence-electron chi connectivity index (χ4n) is 1.65. The lowest BCUT2D eigenvalue weighted by molar-refractivity contribution is 0.266. The van der Waals surface area contributed by atoms with Gasteiger partial charge in [-0.15, -0.1) is 0 Å². The average Bonchev–Trinajstić information content (AvgIpc) is 2.35. The fourth-order valence-corrected chi connectivity index (χ4v) is 1.65. The van der Waals surface area contributed by atoms with E-state index in [0.29, 0.717) is 6.04 Å². The Morgan fingerprint density at radius 1 is 1.19 bits per heavy atom. The molecule has 0 bridgehead atoms. The minimum atomic E-state index is 0.468. The average molecular weight is 220 g/mol. The molecule has 1 atom stereocenters. The summed E-state index contributed by atoms with van der Waals surface area (Å²) < 4.78 is 0. The van der Waals surface area contributed by atoms with Crippen molar-refractivity contribution in [2.75, 3.05) is 20.1 Å². The first kappa shape index (κ1) is 13.2. The molecule has 0 aromatic heterocycles. The molecule has 0 aliphatic carbocycles. The van der Waals surface area contributed by atoms with Gasteiger partial charge < -0.3 is 10.6 Å². The molecule has 0 saturated carbocycles. The summed E-state index contributed by atoms with van der Waals surface area (Å²) in [6.07, 6.45) is 2.22. The highest BCUT2D eigenvalue weighted by Gasteiger charge is 2.06. The summed E-state index contributed by atoms with van der Waals surface area (Å²) in [6, 6.07) is 9.39. The van der Waals surface area contributed by atoms with Gasteiger partial charge in [-0.2, -0.15) is 0 Å². The number of nitrogens with two attached hydrogens (primary N) is 1. The molecule has 16 heavy (non-hydrogen) atoms. The molecular weight excluding hydrogens is 196 g/mol. The van der Waals surface area contributed by atoms with Crippen molar-refractivity contribution in [3.8, 4) is 0 Å².